The number of hydrogen-bond acceptors (Lipinski definition) is 6. The first-order chi connectivity index (χ1) is 14.1. The summed E-state index contributed by atoms with van der Waals surface area (Å²) in [6.07, 6.45) is 1.53. The van der Waals surface area contributed by atoms with Crippen molar-refractivity contribution in [1.29, 1.82) is 0 Å². The predicted molar refractivity (Wildman–Crippen MR) is 115 cm³/mol. The predicted octanol–water partition coefficient (Wildman–Crippen LogP) is 2.72. The third-order valence-electron chi connectivity index (χ3n) is 4.95. The molecule has 1 aromatic carbocycles. The van der Waals surface area contributed by atoms with E-state index in [1.807, 2.05) is 49.1 Å². The first kappa shape index (κ1) is 19.4. The highest BCUT2D eigenvalue weighted by molar-refractivity contribution is 7.99. The van der Waals surface area contributed by atoms with Gasteiger partial charge in [-0.15, -0.1) is 0 Å². The molecule has 0 atom stereocenters. The highest BCUT2D eigenvalue weighted by Crippen LogP contribution is 2.20. The molecule has 2 aromatic heterocycles. The first-order valence-corrected chi connectivity index (χ1v) is 10.6. The third kappa shape index (κ3) is 4.59. The van der Waals surface area contributed by atoms with Crippen LogP contribution in [0.3, 0.4) is 0 Å². The molecule has 1 saturated heterocycles. The number of carbonyl (C=O) groups is 1. The number of para-hydroxylation sites is 1. The van der Waals surface area contributed by atoms with Gasteiger partial charge >= 0.3 is 0 Å². The van der Waals surface area contributed by atoms with Crippen molar-refractivity contribution in [3.8, 4) is 5.82 Å². The molecule has 0 N–H and O–H groups in total. The highest BCUT2D eigenvalue weighted by Gasteiger charge is 2.21. The van der Waals surface area contributed by atoms with E-state index in [-0.39, 0.29) is 5.91 Å². The molecular formula is C21H24N6OS. The number of aromatic nitrogens is 4. The van der Waals surface area contributed by atoms with Crippen LogP contribution in [0.1, 0.15) is 11.4 Å². The van der Waals surface area contributed by atoms with Gasteiger partial charge in [-0.2, -0.15) is 5.10 Å². The molecule has 0 saturated carbocycles. The lowest BCUT2D eigenvalue weighted by Crippen LogP contribution is -2.49. The number of anilines is 1. The number of aryl methyl sites for hydroxylation is 2. The van der Waals surface area contributed by atoms with Crippen LogP contribution in [-0.4, -0.2) is 62.5 Å². The fourth-order valence-corrected chi connectivity index (χ4v) is 4.23. The standard InChI is InChI=1S/C21H24N6OS/c1-16-12-17(2)27(24-16)19-13-20(23-15-22-19)29-14-21(28)26-10-8-25(9-11-26)18-6-4-3-5-7-18/h3-7,12-13,15H,8-11,14H2,1-2H3. The number of nitrogens with zero attached hydrogens (tertiary/aromatic N) is 6. The molecular weight excluding hydrogens is 384 g/mol. The highest BCUT2D eigenvalue weighted by atomic mass is 32.2. The van der Waals surface area contributed by atoms with Gasteiger partial charge in [-0.1, -0.05) is 30.0 Å². The van der Waals surface area contributed by atoms with Gasteiger partial charge in [0.2, 0.25) is 5.91 Å². The lowest BCUT2D eigenvalue weighted by Gasteiger charge is -2.36. The fourth-order valence-electron chi connectivity index (χ4n) is 3.47. The average molecular weight is 409 g/mol. The summed E-state index contributed by atoms with van der Waals surface area (Å²) in [5.74, 6) is 1.24. The zero-order valence-corrected chi connectivity index (χ0v) is 17.5. The molecule has 0 spiro atoms. The van der Waals surface area contributed by atoms with Gasteiger partial charge < -0.3 is 9.80 Å². The van der Waals surface area contributed by atoms with Gasteiger partial charge in [0.1, 0.15) is 11.4 Å². The van der Waals surface area contributed by atoms with Crippen molar-refractivity contribution in [1.82, 2.24) is 24.6 Å². The van der Waals surface area contributed by atoms with E-state index in [0.717, 1.165) is 48.4 Å². The lowest BCUT2D eigenvalue weighted by molar-refractivity contribution is -0.128. The minimum atomic E-state index is 0.147. The zero-order valence-electron chi connectivity index (χ0n) is 16.7. The summed E-state index contributed by atoms with van der Waals surface area (Å²) >= 11 is 1.44. The molecule has 8 heteroatoms. The Bertz CT molecular complexity index is 982. The molecule has 7 nitrogen and oxygen atoms in total. The van der Waals surface area contributed by atoms with Gasteiger partial charge in [0.15, 0.2) is 5.82 Å². The van der Waals surface area contributed by atoms with E-state index in [2.05, 4.69) is 32.1 Å². The van der Waals surface area contributed by atoms with Gasteiger partial charge in [0, 0.05) is 43.6 Å². The SMILES string of the molecule is Cc1cc(C)n(-c2cc(SCC(=O)N3CCN(c4ccccc4)CC3)ncn2)n1. The molecule has 4 rings (SSSR count). The minimum Gasteiger partial charge on any atom is -0.368 e. The van der Waals surface area contributed by atoms with Crippen molar-refractivity contribution in [3.05, 3.63) is 60.2 Å². The van der Waals surface area contributed by atoms with Crippen molar-refractivity contribution in [2.45, 2.75) is 18.9 Å². The quantitative estimate of drug-likeness (QED) is 0.478. The Kier molecular flexibility index (Phi) is 5.80. The van der Waals surface area contributed by atoms with E-state index < -0.39 is 0 Å². The Morgan fingerprint density at radius 3 is 2.48 bits per heavy atom. The van der Waals surface area contributed by atoms with Crippen molar-refractivity contribution in [2.75, 3.05) is 36.8 Å². The zero-order chi connectivity index (χ0) is 20.2. The van der Waals surface area contributed by atoms with Crippen molar-refractivity contribution < 1.29 is 4.79 Å². The summed E-state index contributed by atoms with van der Waals surface area (Å²) in [6, 6.07) is 14.2. The van der Waals surface area contributed by atoms with Crippen LogP contribution in [0.5, 0.6) is 0 Å². The Morgan fingerprint density at radius 2 is 1.79 bits per heavy atom. The number of rotatable bonds is 5. The van der Waals surface area contributed by atoms with E-state index in [0.29, 0.717) is 5.75 Å². The minimum absolute atomic E-state index is 0.147. The average Bonchev–Trinajstić information content (AvgIpc) is 3.11. The van der Waals surface area contributed by atoms with Crippen LogP contribution in [0, 0.1) is 13.8 Å². The monoisotopic (exact) mass is 408 g/mol. The Labute approximate surface area is 174 Å². The van der Waals surface area contributed by atoms with E-state index in [9.17, 15) is 4.79 Å². The molecule has 1 aliphatic rings. The smallest absolute Gasteiger partial charge is 0.233 e. The number of benzene rings is 1. The summed E-state index contributed by atoms with van der Waals surface area (Å²) < 4.78 is 1.80. The van der Waals surface area contributed by atoms with Gasteiger partial charge in [0.05, 0.1) is 11.4 Å². The maximum Gasteiger partial charge on any atom is 0.233 e. The Morgan fingerprint density at radius 1 is 1.03 bits per heavy atom. The van der Waals surface area contributed by atoms with E-state index in [4.69, 9.17) is 0 Å². The topological polar surface area (TPSA) is 67.2 Å². The largest absolute Gasteiger partial charge is 0.368 e. The number of piperazine rings is 1. The second-order valence-corrected chi connectivity index (χ2v) is 8.04. The maximum absolute atomic E-state index is 12.7. The summed E-state index contributed by atoms with van der Waals surface area (Å²) in [4.78, 5) is 25.5. The van der Waals surface area contributed by atoms with Crippen LogP contribution >= 0.6 is 11.8 Å². The molecule has 0 aliphatic carbocycles. The van der Waals surface area contributed by atoms with Crippen LogP contribution in [-0.2, 0) is 4.79 Å². The molecule has 1 fully saturated rings. The molecule has 150 valence electrons. The molecule has 1 aliphatic heterocycles. The number of hydrogen-bond donors (Lipinski definition) is 0. The van der Waals surface area contributed by atoms with Crippen LogP contribution in [0.2, 0.25) is 0 Å². The second-order valence-electron chi connectivity index (χ2n) is 7.05. The Balaban J connectivity index is 1.32. The van der Waals surface area contributed by atoms with Gasteiger partial charge in [-0.25, -0.2) is 14.6 Å². The van der Waals surface area contributed by atoms with E-state index in [1.165, 1.54) is 23.8 Å². The maximum atomic E-state index is 12.7. The molecule has 1 amide bonds. The first-order valence-electron chi connectivity index (χ1n) is 9.66. The molecule has 29 heavy (non-hydrogen) atoms. The van der Waals surface area contributed by atoms with Gasteiger partial charge in [0.25, 0.3) is 0 Å². The molecule has 3 heterocycles. The van der Waals surface area contributed by atoms with Gasteiger partial charge in [-0.05, 0) is 32.0 Å². The van der Waals surface area contributed by atoms with Crippen LogP contribution < -0.4 is 4.90 Å². The normalized spacial score (nSPS) is 14.3. The molecule has 3 aromatic rings. The molecule has 0 unspecified atom stereocenters. The fraction of sp³-hybridized carbons (Fsp3) is 0.333. The Hall–Kier alpha value is -2.87. The summed E-state index contributed by atoms with van der Waals surface area (Å²) in [5.41, 5.74) is 3.18. The summed E-state index contributed by atoms with van der Waals surface area (Å²) in [7, 11) is 0. The lowest BCUT2D eigenvalue weighted by atomic mass is 10.2. The number of amides is 1. The second kappa shape index (κ2) is 8.65. The summed E-state index contributed by atoms with van der Waals surface area (Å²) in [5, 5.41) is 5.24. The van der Waals surface area contributed by atoms with Crippen molar-refractivity contribution in [2.24, 2.45) is 0 Å². The van der Waals surface area contributed by atoms with Gasteiger partial charge in [-0.3, -0.25) is 4.79 Å². The number of carbonyl (C=O) groups excluding carboxylic acids is 1. The van der Waals surface area contributed by atoms with Crippen molar-refractivity contribution >= 4 is 23.4 Å². The third-order valence-corrected chi connectivity index (χ3v) is 5.86. The van der Waals surface area contributed by atoms with E-state index >= 15 is 0 Å². The molecule has 0 bridgehead atoms. The van der Waals surface area contributed by atoms with E-state index in [1.54, 1.807) is 4.68 Å². The van der Waals surface area contributed by atoms with Crippen LogP contribution in [0.4, 0.5) is 5.69 Å². The van der Waals surface area contributed by atoms with Crippen LogP contribution in [0.25, 0.3) is 5.82 Å². The molecule has 0 radical (unpaired) electrons. The number of thioether (sulfide) groups is 1. The van der Waals surface area contributed by atoms with Crippen molar-refractivity contribution in [3.63, 3.8) is 0 Å². The summed E-state index contributed by atoms with van der Waals surface area (Å²) in [6.45, 7) is 7.15. The van der Waals surface area contributed by atoms with Crippen LogP contribution in [0.15, 0.2) is 53.8 Å².